The molecule has 0 saturated heterocycles. The Kier molecular flexibility index (Phi) is 5.59. The lowest BCUT2D eigenvalue weighted by Gasteiger charge is -2.13. The van der Waals surface area contributed by atoms with E-state index in [-0.39, 0.29) is 12.8 Å². The van der Waals surface area contributed by atoms with Crippen LogP contribution in [0.1, 0.15) is 19.8 Å². The molecule has 0 aliphatic carbocycles. The van der Waals surface area contributed by atoms with Gasteiger partial charge in [-0.25, -0.2) is 9.78 Å². The van der Waals surface area contributed by atoms with Gasteiger partial charge in [-0.15, -0.1) is 11.3 Å². The number of aromatic nitrogens is 1. The molecular weight excluding hydrogens is 414 g/mol. The van der Waals surface area contributed by atoms with Crippen molar-refractivity contribution in [1.29, 1.82) is 0 Å². The molecule has 0 spiro atoms. The molecule has 0 amide bonds. The standard InChI is InChI=1S/C24H23NO5S/c1-15-19(25-23(30-15)16-6-4-3-5-7-16)10-12-29-20-9-8-17(14-21(28-2)24(26)27)22-18(20)11-13-31-22/h3-9,11,13,21H,10,12,14H2,1-2H3,(H,26,27)/t21-/m0/s1/i12D2. The first-order valence-corrected chi connectivity index (χ1v) is 10.6. The molecule has 2 aromatic carbocycles. The van der Waals surface area contributed by atoms with Gasteiger partial charge in [0.25, 0.3) is 0 Å². The van der Waals surface area contributed by atoms with Crippen molar-refractivity contribution < 1.29 is 26.5 Å². The number of carbonyl (C=O) groups is 1. The summed E-state index contributed by atoms with van der Waals surface area (Å²) in [4.78, 5) is 15.8. The smallest absolute Gasteiger partial charge is 0.333 e. The molecule has 2 heterocycles. The molecule has 1 N–H and O–H groups in total. The van der Waals surface area contributed by atoms with Gasteiger partial charge in [-0.05, 0) is 42.1 Å². The molecule has 4 rings (SSSR count). The van der Waals surface area contributed by atoms with Crippen LogP contribution in [0.3, 0.4) is 0 Å². The number of thiophene rings is 1. The second-order valence-corrected chi connectivity index (χ2v) is 7.88. The van der Waals surface area contributed by atoms with Gasteiger partial charge in [0.1, 0.15) is 11.5 Å². The molecule has 0 fully saturated rings. The summed E-state index contributed by atoms with van der Waals surface area (Å²) in [7, 11) is 1.37. The SMILES string of the molecule is [2H]C([2H])(Cc1nc(-c2ccccc2)oc1C)Oc1ccc(C[C@H](OC)C(=O)O)c2sccc12. The summed E-state index contributed by atoms with van der Waals surface area (Å²) in [6, 6.07) is 14.7. The molecule has 0 saturated carbocycles. The third-order valence-corrected chi connectivity index (χ3v) is 5.95. The number of hydrogen-bond donors (Lipinski definition) is 1. The largest absolute Gasteiger partial charge is 0.493 e. The molecule has 31 heavy (non-hydrogen) atoms. The zero-order valence-electron chi connectivity index (χ0n) is 19.1. The van der Waals surface area contributed by atoms with Gasteiger partial charge in [-0.2, -0.15) is 0 Å². The Labute approximate surface area is 186 Å². The molecule has 2 aromatic heterocycles. The second-order valence-electron chi connectivity index (χ2n) is 6.96. The number of nitrogens with zero attached hydrogens (tertiary/aromatic N) is 1. The monoisotopic (exact) mass is 439 g/mol. The van der Waals surface area contributed by atoms with Crippen molar-refractivity contribution in [3.63, 3.8) is 0 Å². The molecule has 7 heteroatoms. The fourth-order valence-electron chi connectivity index (χ4n) is 3.29. The minimum Gasteiger partial charge on any atom is -0.493 e. The fraction of sp³-hybridized carbons (Fsp3) is 0.250. The van der Waals surface area contributed by atoms with E-state index in [1.165, 1.54) is 18.4 Å². The average Bonchev–Trinajstić information content (AvgIpc) is 3.41. The molecule has 0 aliphatic rings. The molecule has 1 atom stereocenters. The van der Waals surface area contributed by atoms with E-state index in [4.69, 9.17) is 16.6 Å². The van der Waals surface area contributed by atoms with Crippen LogP contribution in [0.5, 0.6) is 5.75 Å². The molecule has 0 unspecified atom stereocenters. The van der Waals surface area contributed by atoms with Crippen molar-refractivity contribution >= 4 is 27.4 Å². The van der Waals surface area contributed by atoms with E-state index in [0.29, 0.717) is 23.1 Å². The van der Waals surface area contributed by atoms with Crippen LogP contribution in [-0.2, 0) is 22.4 Å². The number of aryl methyl sites for hydroxylation is 2. The highest BCUT2D eigenvalue weighted by Crippen LogP contribution is 2.34. The number of fused-ring (bicyclic) bond motifs is 1. The van der Waals surface area contributed by atoms with Crippen LogP contribution >= 0.6 is 11.3 Å². The third kappa shape index (κ3) is 4.62. The molecule has 160 valence electrons. The summed E-state index contributed by atoms with van der Waals surface area (Å²) in [6.07, 6.45) is -0.841. The first-order valence-electron chi connectivity index (χ1n) is 10.7. The van der Waals surface area contributed by atoms with Crippen LogP contribution in [-0.4, -0.2) is 35.8 Å². The van der Waals surface area contributed by atoms with E-state index in [9.17, 15) is 9.90 Å². The number of benzene rings is 2. The van der Waals surface area contributed by atoms with Crippen LogP contribution in [0, 0.1) is 6.92 Å². The van der Waals surface area contributed by atoms with E-state index in [2.05, 4.69) is 4.98 Å². The summed E-state index contributed by atoms with van der Waals surface area (Å²) in [5, 5.41) is 11.9. The maximum Gasteiger partial charge on any atom is 0.333 e. The first kappa shape index (κ1) is 18.6. The summed E-state index contributed by atoms with van der Waals surface area (Å²) in [5.74, 6) is 0.330. The van der Waals surface area contributed by atoms with E-state index < -0.39 is 18.6 Å². The maximum absolute atomic E-state index is 11.3. The molecule has 0 aliphatic heterocycles. The first-order chi connectivity index (χ1) is 15.8. The predicted octanol–water partition coefficient (Wildman–Crippen LogP) is 5.13. The number of carboxylic acids is 1. The highest BCUT2D eigenvalue weighted by molar-refractivity contribution is 7.17. The maximum atomic E-state index is 11.3. The number of ether oxygens (including phenoxy) is 2. The Morgan fingerprint density at radius 2 is 2.06 bits per heavy atom. The van der Waals surface area contributed by atoms with Gasteiger partial charge in [0.2, 0.25) is 5.89 Å². The van der Waals surface area contributed by atoms with E-state index in [1.807, 2.05) is 41.8 Å². The van der Waals surface area contributed by atoms with Crippen molar-refractivity contribution in [2.24, 2.45) is 0 Å². The van der Waals surface area contributed by atoms with Crippen molar-refractivity contribution in [2.45, 2.75) is 25.9 Å². The van der Waals surface area contributed by atoms with Crippen LogP contribution in [0.25, 0.3) is 21.5 Å². The topological polar surface area (TPSA) is 81.8 Å². The summed E-state index contributed by atoms with van der Waals surface area (Å²) in [6.45, 7) is -0.284. The van der Waals surface area contributed by atoms with Gasteiger partial charge < -0.3 is 19.0 Å². The highest BCUT2D eigenvalue weighted by atomic mass is 32.1. The lowest BCUT2D eigenvalue weighted by atomic mass is 10.1. The number of aliphatic carboxylic acids is 1. The molecule has 6 nitrogen and oxygen atoms in total. The van der Waals surface area contributed by atoms with Crippen molar-refractivity contribution in [1.82, 2.24) is 4.98 Å². The second kappa shape index (κ2) is 9.32. The number of rotatable bonds is 9. The summed E-state index contributed by atoms with van der Waals surface area (Å²) >= 11 is 1.45. The Balaban J connectivity index is 1.56. The Morgan fingerprint density at radius 1 is 1.26 bits per heavy atom. The summed E-state index contributed by atoms with van der Waals surface area (Å²) < 4.78 is 34.4. The zero-order chi connectivity index (χ0) is 23.6. The van der Waals surface area contributed by atoms with Crippen molar-refractivity contribution in [2.75, 3.05) is 13.7 Å². The number of hydrogen-bond acceptors (Lipinski definition) is 6. The van der Waals surface area contributed by atoms with Crippen molar-refractivity contribution in [3.05, 3.63) is 70.9 Å². The van der Waals surface area contributed by atoms with Crippen LogP contribution < -0.4 is 4.74 Å². The molecular formula is C24H23NO5S. The van der Waals surface area contributed by atoms with Crippen LogP contribution in [0.4, 0.5) is 0 Å². The Bertz CT molecular complexity index is 1270. The number of carboxylic acid groups (broad SMARTS) is 1. The number of oxazole rings is 1. The van der Waals surface area contributed by atoms with Crippen LogP contribution in [0.2, 0.25) is 0 Å². The zero-order valence-corrected chi connectivity index (χ0v) is 17.9. The molecule has 4 aromatic rings. The van der Waals surface area contributed by atoms with Gasteiger partial charge in [-0.1, -0.05) is 24.3 Å². The Hall–Kier alpha value is -3.16. The minimum absolute atomic E-state index is 0.0900. The quantitative estimate of drug-likeness (QED) is 0.389. The highest BCUT2D eigenvalue weighted by Gasteiger charge is 2.19. The van der Waals surface area contributed by atoms with E-state index in [0.717, 1.165) is 21.2 Å². The van der Waals surface area contributed by atoms with Gasteiger partial charge >= 0.3 is 5.97 Å². The lowest BCUT2D eigenvalue weighted by molar-refractivity contribution is -0.148. The lowest BCUT2D eigenvalue weighted by Crippen LogP contribution is -2.24. The summed E-state index contributed by atoms with van der Waals surface area (Å²) in [5.41, 5.74) is 2.11. The molecule has 0 bridgehead atoms. The fourth-order valence-corrected chi connectivity index (χ4v) is 4.23. The Morgan fingerprint density at radius 3 is 2.81 bits per heavy atom. The average molecular weight is 440 g/mol. The van der Waals surface area contributed by atoms with Gasteiger partial charge in [0, 0.05) is 35.6 Å². The van der Waals surface area contributed by atoms with Gasteiger partial charge in [0.05, 0.1) is 15.0 Å². The van der Waals surface area contributed by atoms with Crippen LogP contribution in [0.15, 0.2) is 58.3 Å². The normalized spacial score (nSPS) is 13.6. The van der Waals surface area contributed by atoms with E-state index in [1.54, 1.807) is 19.1 Å². The predicted molar refractivity (Wildman–Crippen MR) is 120 cm³/mol. The van der Waals surface area contributed by atoms with Crippen molar-refractivity contribution in [3.8, 4) is 17.2 Å². The third-order valence-electron chi connectivity index (χ3n) is 4.96. The number of methoxy groups -OCH3 is 1. The minimum atomic E-state index is -2.04. The molecule has 0 radical (unpaired) electrons. The van der Waals surface area contributed by atoms with Gasteiger partial charge in [0.15, 0.2) is 6.10 Å². The van der Waals surface area contributed by atoms with Gasteiger partial charge in [-0.3, -0.25) is 0 Å². The van der Waals surface area contributed by atoms with E-state index >= 15 is 0 Å².